The van der Waals surface area contributed by atoms with Crippen LogP contribution >= 0.6 is 0 Å². The Morgan fingerprint density at radius 2 is 1.88 bits per heavy atom. The number of aromatic nitrogens is 2. The van der Waals surface area contributed by atoms with Gasteiger partial charge in [0, 0.05) is 18.5 Å². The smallest absolute Gasteiger partial charge is 0.433 e. The zero-order valence-electron chi connectivity index (χ0n) is 19.7. The SMILES string of the molecule is Cn1c(=O)n(C2CCC(=O)[N+](=O)C2)c2ccc(C3CCN(C(=O)OC(C)(C)C)CC3(F)F)cc21. The summed E-state index contributed by atoms with van der Waals surface area (Å²) in [6.45, 7) is 4.30. The number of amides is 2. The van der Waals surface area contributed by atoms with Crippen molar-refractivity contribution in [1.82, 2.24) is 14.0 Å². The highest BCUT2D eigenvalue weighted by Gasteiger charge is 2.47. The molecule has 9 nitrogen and oxygen atoms in total. The molecule has 2 amide bonds. The molecular formula is C23H29F2N4O5+. The summed E-state index contributed by atoms with van der Waals surface area (Å²) in [5, 5.41) is 0. The second-order valence-electron chi connectivity index (χ2n) is 10.1. The van der Waals surface area contributed by atoms with Gasteiger partial charge in [-0.2, -0.15) is 0 Å². The number of benzene rings is 1. The molecule has 2 saturated heterocycles. The lowest BCUT2D eigenvalue weighted by atomic mass is 9.86. The van der Waals surface area contributed by atoms with E-state index in [1.54, 1.807) is 46.0 Å². The zero-order chi connectivity index (χ0) is 25.0. The minimum absolute atomic E-state index is 0.0439. The largest absolute Gasteiger partial charge is 0.444 e. The number of hydrogen-bond acceptors (Lipinski definition) is 5. The Hall–Kier alpha value is -3.11. The third kappa shape index (κ3) is 4.35. The molecule has 0 saturated carbocycles. The third-order valence-electron chi connectivity index (χ3n) is 6.48. The van der Waals surface area contributed by atoms with Crippen LogP contribution in [0.25, 0.3) is 11.0 Å². The number of ether oxygens (including phenoxy) is 1. The molecule has 0 radical (unpaired) electrons. The van der Waals surface area contributed by atoms with Crippen LogP contribution in [0.1, 0.15) is 57.6 Å². The Kier molecular flexibility index (Phi) is 5.85. The number of piperidine rings is 2. The van der Waals surface area contributed by atoms with E-state index in [-0.39, 0.29) is 31.6 Å². The van der Waals surface area contributed by atoms with E-state index in [1.807, 2.05) is 0 Å². The monoisotopic (exact) mass is 479 g/mol. The van der Waals surface area contributed by atoms with Gasteiger partial charge in [0.25, 0.3) is 5.92 Å². The van der Waals surface area contributed by atoms with E-state index in [1.165, 1.54) is 9.13 Å². The van der Waals surface area contributed by atoms with Crippen molar-refractivity contribution < 1.29 is 27.9 Å². The Bertz CT molecular complexity index is 1230. The van der Waals surface area contributed by atoms with Crippen molar-refractivity contribution >= 4 is 23.0 Å². The summed E-state index contributed by atoms with van der Waals surface area (Å²) in [6.07, 6.45) is -0.307. The summed E-state index contributed by atoms with van der Waals surface area (Å²) < 4.78 is 38.8. The van der Waals surface area contributed by atoms with Gasteiger partial charge in [-0.3, -0.25) is 9.13 Å². The van der Waals surface area contributed by atoms with E-state index in [9.17, 15) is 19.3 Å². The first-order valence-electron chi connectivity index (χ1n) is 11.3. The minimum atomic E-state index is -3.18. The van der Waals surface area contributed by atoms with Crippen LogP contribution < -0.4 is 5.69 Å². The standard InChI is InChI=1S/C23H29F2N4O5/c1-22(2,3)34-21(32)27-10-9-16(23(24,25)13-27)14-5-7-17-18(11-14)26(4)20(31)29(17)15-6-8-19(30)28(33)12-15/h5,7,11,15-16H,6,8-10,12-13H2,1-4H3/q+1. The van der Waals surface area contributed by atoms with Crippen LogP contribution in [0.2, 0.25) is 0 Å². The number of alkyl halides is 2. The predicted molar refractivity (Wildman–Crippen MR) is 119 cm³/mol. The quantitative estimate of drug-likeness (QED) is 0.616. The molecule has 34 heavy (non-hydrogen) atoms. The molecule has 1 aromatic carbocycles. The molecule has 2 unspecified atom stereocenters. The van der Waals surface area contributed by atoms with E-state index in [4.69, 9.17) is 4.74 Å². The summed E-state index contributed by atoms with van der Waals surface area (Å²) in [7, 11) is 1.55. The maximum Gasteiger partial charge on any atom is 0.433 e. The van der Waals surface area contributed by atoms with Gasteiger partial charge < -0.3 is 9.64 Å². The number of rotatable bonds is 2. The van der Waals surface area contributed by atoms with Crippen LogP contribution in [0.4, 0.5) is 13.6 Å². The highest BCUT2D eigenvalue weighted by atomic mass is 19.3. The first-order valence-corrected chi connectivity index (χ1v) is 11.3. The van der Waals surface area contributed by atoms with Crippen LogP contribution in [0.5, 0.6) is 0 Å². The molecule has 2 aliphatic rings. The number of nitrogens with zero attached hydrogens (tertiary/aromatic N) is 4. The van der Waals surface area contributed by atoms with Crippen molar-refractivity contribution in [2.24, 2.45) is 7.05 Å². The molecule has 184 valence electrons. The number of fused-ring (bicyclic) bond motifs is 1. The summed E-state index contributed by atoms with van der Waals surface area (Å²) in [5.74, 6) is -4.82. The van der Waals surface area contributed by atoms with E-state index < -0.39 is 42.0 Å². The topological polar surface area (TPSA) is 93.6 Å². The van der Waals surface area contributed by atoms with Crippen LogP contribution in [0.3, 0.4) is 0 Å². The summed E-state index contributed by atoms with van der Waals surface area (Å²) in [6, 6.07) is 4.30. The molecule has 11 heteroatoms. The molecule has 1 aromatic heterocycles. The van der Waals surface area contributed by atoms with E-state index >= 15 is 8.78 Å². The summed E-state index contributed by atoms with van der Waals surface area (Å²) in [4.78, 5) is 49.6. The van der Waals surface area contributed by atoms with Crippen LogP contribution in [-0.2, 0) is 16.6 Å². The van der Waals surface area contributed by atoms with Gasteiger partial charge in [-0.15, -0.1) is 0 Å². The number of carbonyl (C=O) groups excluding carboxylic acids is 2. The molecule has 0 N–H and O–H groups in total. The lowest BCUT2D eigenvalue weighted by Gasteiger charge is -2.39. The van der Waals surface area contributed by atoms with E-state index in [0.29, 0.717) is 27.8 Å². The van der Waals surface area contributed by atoms with Gasteiger partial charge in [-0.05, 0) is 51.3 Å². The lowest BCUT2D eigenvalue weighted by molar-refractivity contribution is -0.482. The van der Waals surface area contributed by atoms with Crippen molar-refractivity contribution in [3.63, 3.8) is 0 Å². The first-order chi connectivity index (χ1) is 15.8. The number of likely N-dealkylation sites (tertiary alicyclic amines) is 1. The summed E-state index contributed by atoms with van der Waals surface area (Å²) in [5.41, 5.74) is 0.228. The number of aryl methyl sites for hydroxylation is 1. The fraction of sp³-hybridized carbons (Fsp3) is 0.609. The molecule has 2 aromatic rings. The van der Waals surface area contributed by atoms with Gasteiger partial charge in [0.15, 0.2) is 0 Å². The molecule has 2 fully saturated rings. The second-order valence-corrected chi connectivity index (χ2v) is 10.1. The minimum Gasteiger partial charge on any atom is -0.444 e. The van der Waals surface area contributed by atoms with Crippen LogP contribution in [-0.4, -0.2) is 62.0 Å². The fourth-order valence-corrected chi connectivity index (χ4v) is 4.79. The average Bonchev–Trinajstić information content (AvgIpc) is 2.98. The molecule has 3 heterocycles. The predicted octanol–water partition coefficient (Wildman–Crippen LogP) is 3.34. The maximum absolute atomic E-state index is 15.2. The van der Waals surface area contributed by atoms with Gasteiger partial charge in [-0.25, -0.2) is 23.2 Å². The number of carbonyl (C=O) groups is 2. The van der Waals surface area contributed by atoms with Gasteiger partial charge in [0.1, 0.15) is 11.6 Å². The van der Waals surface area contributed by atoms with Crippen molar-refractivity contribution in [2.75, 3.05) is 19.6 Å². The highest BCUT2D eigenvalue weighted by Crippen LogP contribution is 2.41. The third-order valence-corrected chi connectivity index (χ3v) is 6.48. The number of nitroso groups, excluding NO2 is 1. The van der Waals surface area contributed by atoms with E-state index in [2.05, 4.69) is 0 Å². The first kappa shape index (κ1) is 24.0. The Balaban J connectivity index is 1.62. The second kappa shape index (κ2) is 8.28. The van der Waals surface area contributed by atoms with Crippen LogP contribution in [0.15, 0.2) is 23.0 Å². The van der Waals surface area contributed by atoms with Gasteiger partial charge in [-0.1, -0.05) is 6.07 Å². The van der Waals surface area contributed by atoms with Gasteiger partial charge in [0.2, 0.25) is 6.54 Å². The maximum atomic E-state index is 15.2. The number of hydrogen-bond donors (Lipinski definition) is 0. The molecular weight excluding hydrogens is 450 g/mol. The molecule has 0 aliphatic carbocycles. The Morgan fingerprint density at radius 3 is 2.50 bits per heavy atom. The zero-order valence-corrected chi connectivity index (χ0v) is 19.7. The molecule has 4 rings (SSSR count). The molecule has 2 atom stereocenters. The Morgan fingerprint density at radius 1 is 1.18 bits per heavy atom. The van der Waals surface area contributed by atoms with Crippen molar-refractivity contribution in [2.45, 2.75) is 63.5 Å². The van der Waals surface area contributed by atoms with Crippen molar-refractivity contribution in [3.8, 4) is 0 Å². The van der Waals surface area contributed by atoms with Crippen molar-refractivity contribution in [1.29, 1.82) is 0 Å². The number of imidazole rings is 1. The lowest BCUT2D eigenvalue weighted by Crippen LogP contribution is -2.50. The molecule has 0 spiro atoms. The highest BCUT2D eigenvalue weighted by molar-refractivity contribution is 5.77. The fourth-order valence-electron chi connectivity index (χ4n) is 4.79. The van der Waals surface area contributed by atoms with E-state index in [0.717, 1.165) is 4.90 Å². The average molecular weight is 480 g/mol. The number of halogens is 2. The van der Waals surface area contributed by atoms with Gasteiger partial charge >= 0.3 is 17.7 Å². The normalized spacial score (nSPS) is 23.4. The molecule has 2 aliphatic heterocycles. The molecule has 0 bridgehead atoms. The Labute approximate surface area is 194 Å². The summed E-state index contributed by atoms with van der Waals surface area (Å²) >= 11 is 0. The van der Waals surface area contributed by atoms with Crippen molar-refractivity contribution in [3.05, 3.63) is 39.2 Å². The van der Waals surface area contributed by atoms with Gasteiger partial charge in [0.05, 0.1) is 34.7 Å². The van der Waals surface area contributed by atoms with Crippen LogP contribution in [0, 0.1) is 4.91 Å².